The molecule has 2 aromatic heterocycles. The van der Waals surface area contributed by atoms with Crippen LogP contribution in [0.25, 0.3) is 10.6 Å². The molecule has 3 nitrogen and oxygen atoms in total. The Hall–Kier alpha value is -0.720. The van der Waals surface area contributed by atoms with Crippen LogP contribution >= 0.6 is 34.9 Å². The van der Waals surface area contributed by atoms with Gasteiger partial charge in [0.15, 0.2) is 5.76 Å². The Balaban J connectivity index is 1.64. The van der Waals surface area contributed by atoms with Gasteiger partial charge in [0, 0.05) is 17.6 Å². The Labute approximate surface area is 112 Å². The van der Waals surface area contributed by atoms with E-state index in [1.54, 1.807) is 23.1 Å². The number of hydrogen-bond donors (Lipinski definition) is 0. The molecule has 0 atom stereocenters. The average molecular weight is 282 g/mol. The van der Waals surface area contributed by atoms with Crippen LogP contribution < -0.4 is 0 Å². The van der Waals surface area contributed by atoms with Gasteiger partial charge in [-0.1, -0.05) is 34.7 Å². The molecule has 1 aliphatic rings. The lowest BCUT2D eigenvalue weighted by atomic mass is 10.3. The normalized spacial score (nSPS) is 15.2. The van der Waals surface area contributed by atoms with Gasteiger partial charge in [0.1, 0.15) is 4.38 Å². The maximum Gasteiger partial charge on any atom is 0.177 e. The molecule has 0 unspecified atom stereocenters. The van der Waals surface area contributed by atoms with Gasteiger partial charge in [-0.3, -0.25) is 4.99 Å². The van der Waals surface area contributed by atoms with Crippen LogP contribution in [0, 0.1) is 0 Å². The summed E-state index contributed by atoms with van der Waals surface area (Å²) in [6.07, 6.45) is 0. The van der Waals surface area contributed by atoms with Gasteiger partial charge in [-0.2, -0.15) is 0 Å². The van der Waals surface area contributed by atoms with Crippen molar-refractivity contribution in [2.24, 2.45) is 4.99 Å². The summed E-state index contributed by atoms with van der Waals surface area (Å²) >= 11 is 5.23. The Bertz CT molecular complexity index is 519. The standard InChI is InChI=1S/C11H10N2OS3/c1-2-10(15-4-1)9-6-8(13-14-9)7-17-11-12-3-5-16-11/h1-2,4,6H,3,5,7H2. The molecule has 88 valence electrons. The molecule has 1 aliphatic heterocycles. The lowest BCUT2D eigenvalue weighted by molar-refractivity contribution is 0.427. The number of rotatable bonds is 3. The van der Waals surface area contributed by atoms with Crippen molar-refractivity contribution in [2.75, 3.05) is 12.3 Å². The molecule has 6 heteroatoms. The molecule has 3 heterocycles. The van der Waals surface area contributed by atoms with Crippen molar-refractivity contribution in [3.05, 3.63) is 29.3 Å². The van der Waals surface area contributed by atoms with Crippen LogP contribution in [-0.2, 0) is 5.75 Å². The van der Waals surface area contributed by atoms with Crippen LogP contribution in [0.3, 0.4) is 0 Å². The highest BCUT2D eigenvalue weighted by atomic mass is 32.2. The van der Waals surface area contributed by atoms with Crippen LogP contribution in [0.15, 0.2) is 33.1 Å². The summed E-state index contributed by atoms with van der Waals surface area (Å²) in [7, 11) is 0. The Morgan fingerprint density at radius 2 is 2.47 bits per heavy atom. The molecule has 0 aliphatic carbocycles. The van der Waals surface area contributed by atoms with Crippen molar-refractivity contribution in [3.8, 4) is 10.6 Å². The van der Waals surface area contributed by atoms with E-state index in [0.717, 1.165) is 34.4 Å². The van der Waals surface area contributed by atoms with Crippen LogP contribution in [0.5, 0.6) is 0 Å². The van der Waals surface area contributed by atoms with Crippen molar-refractivity contribution < 1.29 is 4.52 Å². The van der Waals surface area contributed by atoms with E-state index in [-0.39, 0.29) is 0 Å². The highest BCUT2D eigenvalue weighted by Crippen LogP contribution is 2.28. The zero-order valence-corrected chi connectivity index (χ0v) is 11.4. The van der Waals surface area contributed by atoms with Gasteiger partial charge < -0.3 is 4.52 Å². The molecule has 17 heavy (non-hydrogen) atoms. The van der Waals surface area contributed by atoms with E-state index in [1.807, 2.05) is 35.3 Å². The molecular formula is C11H10N2OS3. The number of nitrogens with zero attached hydrogens (tertiary/aromatic N) is 2. The molecule has 2 aromatic rings. The monoisotopic (exact) mass is 282 g/mol. The van der Waals surface area contributed by atoms with Gasteiger partial charge in [-0.25, -0.2) is 0 Å². The number of hydrogen-bond acceptors (Lipinski definition) is 6. The van der Waals surface area contributed by atoms with Gasteiger partial charge in [-0.05, 0) is 11.4 Å². The summed E-state index contributed by atoms with van der Waals surface area (Å²) in [4.78, 5) is 5.52. The van der Waals surface area contributed by atoms with Crippen molar-refractivity contribution in [3.63, 3.8) is 0 Å². The summed E-state index contributed by atoms with van der Waals surface area (Å²) in [5, 5.41) is 6.12. The predicted molar refractivity (Wildman–Crippen MR) is 75.9 cm³/mol. The Kier molecular flexibility index (Phi) is 3.54. The van der Waals surface area contributed by atoms with Gasteiger partial charge in [-0.15, -0.1) is 11.3 Å². The smallest absolute Gasteiger partial charge is 0.177 e. The van der Waals surface area contributed by atoms with Crippen molar-refractivity contribution >= 4 is 39.2 Å². The number of aliphatic imine (C=N–C) groups is 1. The molecule has 0 aromatic carbocycles. The molecule has 0 saturated carbocycles. The average Bonchev–Trinajstić information content (AvgIpc) is 3.09. The molecular weight excluding hydrogens is 272 g/mol. The SMILES string of the molecule is c1csc(-c2cc(CSC3=NCCS3)no2)c1. The highest BCUT2D eigenvalue weighted by molar-refractivity contribution is 8.38. The zero-order chi connectivity index (χ0) is 11.5. The topological polar surface area (TPSA) is 38.4 Å². The summed E-state index contributed by atoms with van der Waals surface area (Å²) in [6.45, 7) is 0.951. The van der Waals surface area contributed by atoms with E-state index in [2.05, 4.69) is 10.1 Å². The summed E-state index contributed by atoms with van der Waals surface area (Å²) in [6, 6.07) is 6.07. The summed E-state index contributed by atoms with van der Waals surface area (Å²) < 4.78 is 6.50. The fourth-order valence-electron chi connectivity index (χ4n) is 1.45. The van der Waals surface area contributed by atoms with Gasteiger partial charge in [0.05, 0.1) is 17.1 Å². The fourth-order valence-corrected chi connectivity index (χ4v) is 4.02. The minimum Gasteiger partial charge on any atom is -0.355 e. The summed E-state index contributed by atoms with van der Waals surface area (Å²) in [5.41, 5.74) is 0.980. The summed E-state index contributed by atoms with van der Waals surface area (Å²) in [5.74, 6) is 2.80. The van der Waals surface area contributed by atoms with Crippen LogP contribution in [0.2, 0.25) is 0 Å². The van der Waals surface area contributed by atoms with Crippen LogP contribution in [0.4, 0.5) is 0 Å². The maximum atomic E-state index is 5.32. The molecule has 0 N–H and O–H groups in total. The number of aromatic nitrogens is 1. The lowest BCUT2D eigenvalue weighted by Crippen LogP contribution is -1.84. The van der Waals surface area contributed by atoms with E-state index in [9.17, 15) is 0 Å². The van der Waals surface area contributed by atoms with E-state index >= 15 is 0 Å². The number of thioether (sulfide) groups is 2. The fraction of sp³-hybridized carbons (Fsp3) is 0.273. The Morgan fingerprint density at radius 3 is 3.24 bits per heavy atom. The molecule has 0 amide bonds. The molecule has 0 spiro atoms. The first-order valence-corrected chi connectivity index (χ1v) is 8.06. The predicted octanol–water partition coefficient (Wildman–Crippen LogP) is 3.74. The lowest BCUT2D eigenvalue weighted by Gasteiger charge is -1.94. The maximum absolute atomic E-state index is 5.32. The minimum absolute atomic E-state index is 0.834. The van der Waals surface area contributed by atoms with Crippen molar-refractivity contribution in [2.45, 2.75) is 5.75 Å². The first kappa shape index (κ1) is 11.4. The minimum atomic E-state index is 0.834. The highest BCUT2D eigenvalue weighted by Gasteiger charge is 2.11. The van der Waals surface area contributed by atoms with Crippen molar-refractivity contribution in [1.29, 1.82) is 0 Å². The molecule has 0 radical (unpaired) electrons. The first-order chi connectivity index (χ1) is 8.42. The number of thiophene rings is 1. The second-order valence-corrected chi connectivity index (χ2v) is 6.70. The second kappa shape index (κ2) is 5.29. The third-order valence-electron chi connectivity index (χ3n) is 2.22. The first-order valence-electron chi connectivity index (χ1n) is 5.21. The van der Waals surface area contributed by atoms with Gasteiger partial charge in [0.25, 0.3) is 0 Å². The van der Waals surface area contributed by atoms with Crippen LogP contribution in [-0.4, -0.2) is 21.8 Å². The third kappa shape index (κ3) is 2.75. The molecule has 3 rings (SSSR count). The zero-order valence-electron chi connectivity index (χ0n) is 8.96. The molecule has 0 fully saturated rings. The third-order valence-corrected chi connectivity index (χ3v) is 5.39. The second-order valence-electron chi connectivity index (χ2n) is 3.44. The van der Waals surface area contributed by atoms with E-state index in [1.165, 1.54) is 4.38 Å². The Morgan fingerprint density at radius 1 is 1.47 bits per heavy atom. The van der Waals surface area contributed by atoms with Gasteiger partial charge in [0.2, 0.25) is 0 Å². The van der Waals surface area contributed by atoms with E-state index in [0.29, 0.717) is 0 Å². The molecule has 0 bridgehead atoms. The van der Waals surface area contributed by atoms with Gasteiger partial charge >= 0.3 is 0 Å². The molecule has 0 saturated heterocycles. The van der Waals surface area contributed by atoms with Crippen LogP contribution in [0.1, 0.15) is 5.69 Å². The van der Waals surface area contributed by atoms with Crippen molar-refractivity contribution in [1.82, 2.24) is 5.16 Å². The van der Waals surface area contributed by atoms with E-state index in [4.69, 9.17) is 4.52 Å². The largest absolute Gasteiger partial charge is 0.355 e. The van der Waals surface area contributed by atoms with E-state index < -0.39 is 0 Å². The quantitative estimate of drug-likeness (QED) is 0.859.